The van der Waals surface area contributed by atoms with Gasteiger partial charge in [0.15, 0.2) is 6.61 Å². The number of aromatic nitrogens is 1. The molecule has 3 aromatic rings. The largest absolute Gasteiger partial charge is 0.483 e. The standard InChI is InChI=1S/C24H26BrN3O2/c1-15-10-11-16(2)21(12-15)28-18(4)20(24(25)19(28)5)13-26-27-23(29)14-30-22-9-7-6-8-17(22)3/h6-13H,14H2,1-5H3,(H,27,29)/b26-13-. The fraction of sp³-hybridized carbons (Fsp3) is 0.250. The number of para-hydroxylation sites is 1. The van der Waals surface area contributed by atoms with Crippen LogP contribution in [0.2, 0.25) is 0 Å². The van der Waals surface area contributed by atoms with Crippen molar-refractivity contribution in [2.75, 3.05) is 6.61 Å². The number of nitrogens with one attached hydrogen (secondary N) is 1. The van der Waals surface area contributed by atoms with Crippen LogP contribution in [0.25, 0.3) is 5.69 Å². The zero-order chi connectivity index (χ0) is 21.8. The lowest BCUT2D eigenvalue weighted by atomic mass is 10.1. The van der Waals surface area contributed by atoms with Gasteiger partial charge in [-0.15, -0.1) is 0 Å². The number of ether oxygens (including phenoxy) is 1. The van der Waals surface area contributed by atoms with E-state index >= 15 is 0 Å². The molecule has 6 heteroatoms. The van der Waals surface area contributed by atoms with E-state index in [1.807, 2.05) is 38.1 Å². The monoisotopic (exact) mass is 467 g/mol. The topological polar surface area (TPSA) is 55.6 Å². The normalized spacial score (nSPS) is 11.1. The molecule has 0 saturated carbocycles. The molecule has 0 atom stereocenters. The Morgan fingerprint density at radius 1 is 1.07 bits per heavy atom. The van der Waals surface area contributed by atoms with Crippen LogP contribution >= 0.6 is 15.9 Å². The number of hydrogen-bond acceptors (Lipinski definition) is 3. The lowest BCUT2D eigenvalue weighted by Crippen LogP contribution is -2.24. The minimum absolute atomic E-state index is 0.0924. The summed E-state index contributed by atoms with van der Waals surface area (Å²) in [5.41, 5.74) is 10.1. The Bertz CT molecular complexity index is 1120. The Labute approximate surface area is 185 Å². The van der Waals surface area contributed by atoms with Crippen molar-refractivity contribution in [2.24, 2.45) is 5.10 Å². The first kappa shape index (κ1) is 21.8. The summed E-state index contributed by atoms with van der Waals surface area (Å²) in [5.74, 6) is 0.380. The molecule has 1 aromatic heterocycles. The Kier molecular flexibility index (Phi) is 6.77. The van der Waals surface area contributed by atoms with Crippen LogP contribution in [0.3, 0.4) is 0 Å². The van der Waals surface area contributed by atoms with Crippen molar-refractivity contribution in [3.05, 3.63) is 80.6 Å². The highest BCUT2D eigenvalue weighted by Crippen LogP contribution is 2.31. The van der Waals surface area contributed by atoms with Crippen molar-refractivity contribution in [1.82, 2.24) is 9.99 Å². The van der Waals surface area contributed by atoms with Gasteiger partial charge in [-0.05, 0) is 79.4 Å². The maximum Gasteiger partial charge on any atom is 0.277 e. The van der Waals surface area contributed by atoms with Gasteiger partial charge < -0.3 is 9.30 Å². The molecule has 0 aliphatic heterocycles. The summed E-state index contributed by atoms with van der Waals surface area (Å²) in [4.78, 5) is 12.1. The second-order valence-electron chi connectivity index (χ2n) is 7.37. The van der Waals surface area contributed by atoms with Crippen molar-refractivity contribution >= 4 is 28.1 Å². The SMILES string of the molecule is Cc1ccc(C)c(-n2c(C)c(Br)c(/C=N\NC(=O)COc3ccccc3C)c2C)c1. The van der Waals surface area contributed by atoms with Gasteiger partial charge in [0, 0.05) is 27.1 Å². The van der Waals surface area contributed by atoms with Crippen molar-refractivity contribution in [3.63, 3.8) is 0 Å². The summed E-state index contributed by atoms with van der Waals surface area (Å²) >= 11 is 3.68. The van der Waals surface area contributed by atoms with E-state index in [1.165, 1.54) is 11.1 Å². The minimum atomic E-state index is -0.311. The zero-order valence-corrected chi connectivity index (χ0v) is 19.5. The Balaban J connectivity index is 1.74. The Hall–Kier alpha value is -2.86. The van der Waals surface area contributed by atoms with E-state index in [9.17, 15) is 4.79 Å². The van der Waals surface area contributed by atoms with E-state index in [2.05, 4.69) is 70.0 Å². The lowest BCUT2D eigenvalue weighted by molar-refractivity contribution is -0.123. The van der Waals surface area contributed by atoms with E-state index in [0.29, 0.717) is 5.75 Å². The molecule has 1 heterocycles. The van der Waals surface area contributed by atoms with Crippen molar-refractivity contribution < 1.29 is 9.53 Å². The van der Waals surface area contributed by atoms with Crippen molar-refractivity contribution in [1.29, 1.82) is 0 Å². The number of benzene rings is 2. The van der Waals surface area contributed by atoms with Gasteiger partial charge in [-0.3, -0.25) is 4.79 Å². The molecule has 0 radical (unpaired) electrons. The molecule has 1 N–H and O–H groups in total. The van der Waals surface area contributed by atoms with Gasteiger partial charge in [0.25, 0.3) is 5.91 Å². The van der Waals surface area contributed by atoms with E-state index in [-0.39, 0.29) is 12.5 Å². The number of carbonyl (C=O) groups is 1. The van der Waals surface area contributed by atoms with Crippen LogP contribution in [0, 0.1) is 34.6 Å². The molecule has 0 aliphatic carbocycles. The van der Waals surface area contributed by atoms with Gasteiger partial charge in [-0.25, -0.2) is 5.43 Å². The van der Waals surface area contributed by atoms with E-state index in [4.69, 9.17) is 4.74 Å². The molecule has 0 fully saturated rings. The van der Waals surface area contributed by atoms with Crippen LogP contribution < -0.4 is 10.2 Å². The highest BCUT2D eigenvalue weighted by Gasteiger charge is 2.17. The zero-order valence-electron chi connectivity index (χ0n) is 17.9. The number of hydrazone groups is 1. The predicted molar refractivity (Wildman–Crippen MR) is 125 cm³/mol. The highest BCUT2D eigenvalue weighted by atomic mass is 79.9. The number of amides is 1. The highest BCUT2D eigenvalue weighted by molar-refractivity contribution is 9.10. The maximum absolute atomic E-state index is 12.1. The first-order chi connectivity index (χ1) is 14.3. The van der Waals surface area contributed by atoms with E-state index < -0.39 is 0 Å². The third-order valence-electron chi connectivity index (χ3n) is 5.06. The van der Waals surface area contributed by atoms with Crippen molar-refractivity contribution in [3.8, 4) is 11.4 Å². The van der Waals surface area contributed by atoms with Gasteiger partial charge in [0.1, 0.15) is 5.75 Å². The summed E-state index contributed by atoms with van der Waals surface area (Å²) < 4.78 is 8.71. The Morgan fingerprint density at radius 3 is 2.53 bits per heavy atom. The predicted octanol–water partition coefficient (Wildman–Crippen LogP) is 5.31. The van der Waals surface area contributed by atoms with E-state index in [0.717, 1.165) is 32.7 Å². The quantitative estimate of drug-likeness (QED) is 0.394. The first-order valence-corrected chi connectivity index (χ1v) is 10.5. The fourth-order valence-corrected chi connectivity index (χ4v) is 3.93. The Morgan fingerprint density at radius 2 is 1.80 bits per heavy atom. The minimum Gasteiger partial charge on any atom is -0.483 e. The number of rotatable bonds is 6. The van der Waals surface area contributed by atoms with Gasteiger partial charge in [-0.1, -0.05) is 30.3 Å². The smallest absolute Gasteiger partial charge is 0.277 e. The molecular formula is C24H26BrN3O2. The first-order valence-electron chi connectivity index (χ1n) is 9.75. The third kappa shape index (κ3) is 4.65. The molecule has 3 rings (SSSR count). The second-order valence-corrected chi connectivity index (χ2v) is 8.16. The van der Waals surface area contributed by atoms with Crippen LogP contribution in [0.15, 0.2) is 52.0 Å². The molecule has 156 valence electrons. The maximum atomic E-state index is 12.1. The lowest BCUT2D eigenvalue weighted by Gasteiger charge is -2.13. The summed E-state index contributed by atoms with van der Waals surface area (Å²) in [6, 6.07) is 14.0. The van der Waals surface area contributed by atoms with Crippen LogP contribution in [-0.2, 0) is 4.79 Å². The fourth-order valence-electron chi connectivity index (χ4n) is 3.36. The number of aryl methyl sites for hydroxylation is 3. The second kappa shape index (κ2) is 9.30. The van der Waals surface area contributed by atoms with Crippen LogP contribution in [0.5, 0.6) is 5.75 Å². The molecule has 5 nitrogen and oxygen atoms in total. The van der Waals surface area contributed by atoms with Gasteiger partial charge >= 0.3 is 0 Å². The molecular weight excluding hydrogens is 442 g/mol. The number of halogens is 1. The molecule has 30 heavy (non-hydrogen) atoms. The molecule has 2 aromatic carbocycles. The van der Waals surface area contributed by atoms with Gasteiger partial charge in [-0.2, -0.15) is 5.10 Å². The summed E-state index contributed by atoms with van der Waals surface area (Å²) in [6.45, 7) is 10.1. The molecule has 0 aliphatic rings. The summed E-state index contributed by atoms with van der Waals surface area (Å²) in [5, 5.41) is 4.14. The third-order valence-corrected chi connectivity index (χ3v) is 6.06. The van der Waals surface area contributed by atoms with Crippen molar-refractivity contribution in [2.45, 2.75) is 34.6 Å². The molecule has 0 spiro atoms. The van der Waals surface area contributed by atoms with E-state index in [1.54, 1.807) is 6.21 Å². The van der Waals surface area contributed by atoms with Crippen LogP contribution in [0.4, 0.5) is 0 Å². The summed E-state index contributed by atoms with van der Waals surface area (Å²) in [7, 11) is 0. The number of nitrogens with zero attached hydrogens (tertiary/aromatic N) is 2. The van der Waals surface area contributed by atoms with Crippen LogP contribution in [0.1, 0.15) is 33.6 Å². The molecule has 0 unspecified atom stereocenters. The average Bonchev–Trinajstić information content (AvgIpc) is 2.92. The molecule has 1 amide bonds. The van der Waals surface area contributed by atoms with Crippen LogP contribution in [-0.4, -0.2) is 23.3 Å². The molecule has 0 bridgehead atoms. The van der Waals surface area contributed by atoms with Gasteiger partial charge in [0.05, 0.1) is 6.21 Å². The molecule has 0 saturated heterocycles. The number of carbonyl (C=O) groups excluding carboxylic acids is 1. The average molecular weight is 468 g/mol. The number of hydrogen-bond donors (Lipinski definition) is 1. The van der Waals surface area contributed by atoms with Gasteiger partial charge in [0.2, 0.25) is 0 Å². The summed E-state index contributed by atoms with van der Waals surface area (Å²) in [6.07, 6.45) is 1.67.